The summed E-state index contributed by atoms with van der Waals surface area (Å²) in [5.41, 5.74) is 2.33. The first-order chi connectivity index (χ1) is 10.2. The van der Waals surface area contributed by atoms with Crippen LogP contribution in [-0.2, 0) is 23.1 Å². The Morgan fingerprint density at radius 1 is 1.29 bits per heavy atom. The van der Waals surface area contributed by atoms with Crippen LogP contribution in [0.3, 0.4) is 0 Å². The van der Waals surface area contributed by atoms with Gasteiger partial charge in [-0.15, -0.1) is 0 Å². The second-order valence-electron chi connectivity index (χ2n) is 4.96. The molecular weight excluding hydrogens is 268 g/mol. The summed E-state index contributed by atoms with van der Waals surface area (Å²) in [6, 6.07) is 0. The highest BCUT2D eigenvalue weighted by atomic mass is 16.5. The fourth-order valence-electron chi connectivity index (χ4n) is 2.41. The Hall–Kier alpha value is -1.11. The van der Waals surface area contributed by atoms with Gasteiger partial charge in [-0.1, -0.05) is 0 Å². The molecule has 0 bridgehead atoms. The molecule has 0 spiro atoms. The van der Waals surface area contributed by atoms with Crippen molar-refractivity contribution in [2.75, 3.05) is 51.5 Å². The van der Waals surface area contributed by atoms with Crippen LogP contribution in [0.1, 0.15) is 25.1 Å². The number of methoxy groups -OCH3 is 1. The number of rotatable bonds is 11. The monoisotopic (exact) mass is 298 g/mol. The van der Waals surface area contributed by atoms with Gasteiger partial charge in [-0.25, -0.2) is 0 Å². The standard InChI is InChI=1S/C15H30N4O2/c1-6-19(9-11-21-7-2)15-14(12-16-8-10-20-5)13(3)17-18(15)4/h16H,6-12H2,1-5H3. The number of anilines is 1. The molecule has 0 aromatic carbocycles. The molecular formula is C15H30N4O2. The van der Waals surface area contributed by atoms with Crippen molar-refractivity contribution in [1.82, 2.24) is 15.1 Å². The summed E-state index contributed by atoms with van der Waals surface area (Å²) in [5.74, 6) is 1.18. The number of aromatic nitrogens is 2. The highest BCUT2D eigenvalue weighted by molar-refractivity contribution is 5.50. The zero-order valence-corrected chi connectivity index (χ0v) is 14.1. The number of nitrogens with zero attached hydrogens (tertiary/aromatic N) is 3. The van der Waals surface area contributed by atoms with Gasteiger partial charge in [0.15, 0.2) is 0 Å². The Bertz CT molecular complexity index is 407. The lowest BCUT2D eigenvalue weighted by molar-refractivity contribution is 0.153. The maximum absolute atomic E-state index is 5.48. The molecule has 0 aliphatic heterocycles. The molecule has 6 heteroatoms. The quantitative estimate of drug-likeness (QED) is 0.625. The summed E-state index contributed by atoms with van der Waals surface area (Å²) in [6.07, 6.45) is 0. The third kappa shape index (κ3) is 5.30. The van der Waals surface area contributed by atoms with Gasteiger partial charge in [-0.05, 0) is 20.8 Å². The van der Waals surface area contributed by atoms with Gasteiger partial charge < -0.3 is 19.7 Å². The van der Waals surface area contributed by atoms with E-state index in [4.69, 9.17) is 9.47 Å². The average molecular weight is 298 g/mol. The van der Waals surface area contributed by atoms with Crippen molar-refractivity contribution in [2.24, 2.45) is 7.05 Å². The molecule has 21 heavy (non-hydrogen) atoms. The number of likely N-dealkylation sites (N-methyl/N-ethyl adjacent to an activating group) is 1. The van der Waals surface area contributed by atoms with E-state index in [-0.39, 0.29) is 0 Å². The van der Waals surface area contributed by atoms with Crippen molar-refractivity contribution in [1.29, 1.82) is 0 Å². The molecule has 1 aromatic heterocycles. The average Bonchev–Trinajstić information content (AvgIpc) is 2.74. The van der Waals surface area contributed by atoms with Gasteiger partial charge in [0.25, 0.3) is 0 Å². The predicted molar refractivity (Wildman–Crippen MR) is 85.9 cm³/mol. The SMILES string of the molecule is CCOCCN(CC)c1c(CNCCOC)c(C)nn1C. The fraction of sp³-hybridized carbons (Fsp3) is 0.800. The van der Waals surface area contributed by atoms with Crippen LogP contribution >= 0.6 is 0 Å². The van der Waals surface area contributed by atoms with Gasteiger partial charge >= 0.3 is 0 Å². The fourth-order valence-corrected chi connectivity index (χ4v) is 2.41. The Balaban J connectivity index is 2.77. The van der Waals surface area contributed by atoms with Crippen molar-refractivity contribution < 1.29 is 9.47 Å². The van der Waals surface area contributed by atoms with Crippen molar-refractivity contribution in [2.45, 2.75) is 27.3 Å². The Kier molecular flexibility index (Phi) is 8.34. The van der Waals surface area contributed by atoms with E-state index in [1.165, 1.54) is 11.4 Å². The minimum atomic E-state index is 0.719. The van der Waals surface area contributed by atoms with Crippen LogP contribution in [-0.4, -0.2) is 56.3 Å². The highest BCUT2D eigenvalue weighted by Crippen LogP contribution is 2.22. The van der Waals surface area contributed by atoms with Gasteiger partial charge in [-0.2, -0.15) is 5.10 Å². The third-order valence-corrected chi connectivity index (χ3v) is 3.49. The summed E-state index contributed by atoms with van der Waals surface area (Å²) < 4.78 is 12.5. The van der Waals surface area contributed by atoms with Gasteiger partial charge in [0.1, 0.15) is 5.82 Å². The van der Waals surface area contributed by atoms with Gasteiger partial charge in [0.2, 0.25) is 0 Å². The summed E-state index contributed by atoms with van der Waals surface area (Å²) in [4.78, 5) is 2.32. The number of aryl methyl sites for hydroxylation is 2. The maximum Gasteiger partial charge on any atom is 0.131 e. The largest absolute Gasteiger partial charge is 0.383 e. The summed E-state index contributed by atoms with van der Waals surface area (Å²) in [6.45, 7) is 11.9. The number of ether oxygens (including phenoxy) is 2. The van der Waals surface area contributed by atoms with E-state index in [0.717, 1.165) is 51.7 Å². The highest BCUT2D eigenvalue weighted by Gasteiger charge is 2.17. The van der Waals surface area contributed by atoms with E-state index in [1.54, 1.807) is 7.11 Å². The normalized spacial score (nSPS) is 11.1. The van der Waals surface area contributed by atoms with Crippen molar-refractivity contribution in [3.8, 4) is 0 Å². The summed E-state index contributed by atoms with van der Waals surface area (Å²) in [5, 5.41) is 7.98. The molecule has 0 atom stereocenters. The van der Waals surface area contributed by atoms with E-state index in [0.29, 0.717) is 0 Å². The van der Waals surface area contributed by atoms with E-state index < -0.39 is 0 Å². The molecule has 0 aliphatic rings. The topological polar surface area (TPSA) is 51.6 Å². The zero-order valence-electron chi connectivity index (χ0n) is 14.1. The maximum atomic E-state index is 5.48. The summed E-state index contributed by atoms with van der Waals surface area (Å²) in [7, 11) is 3.72. The van der Waals surface area contributed by atoms with E-state index >= 15 is 0 Å². The van der Waals surface area contributed by atoms with Crippen LogP contribution < -0.4 is 10.2 Å². The van der Waals surface area contributed by atoms with E-state index in [2.05, 4.69) is 29.2 Å². The second-order valence-corrected chi connectivity index (χ2v) is 4.96. The molecule has 0 aliphatic carbocycles. The summed E-state index contributed by atoms with van der Waals surface area (Å²) >= 11 is 0. The van der Waals surface area contributed by atoms with E-state index in [1.807, 2.05) is 18.7 Å². The number of hydrogen-bond donors (Lipinski definition) is 1. The zero-order chi connectivity index (χ0) is 15.7. The van der Waals surface area contributed by atoms with Gasteiger partial charge in [0, 0.05) is 52.5 Å². The van der Waals surface area contributed by atoms with Crippen LogP contribution in [0.25, 0.3) is 0 Å². The molecule has 0 saturated heterocycles. The van der Waals surface area contributed by atoms with E-state index in [9.17, 15) is 0 Å². The van der Waals surface area contributed by atoms with Crippen molar-refractivity contribution >= 4 is 5.82 Å². The molecule has 0 unspecified atom stereocenters. The van der Waals surface area contributed by atoms with Crippen LogP contribution in [0.15, 0.2) is 0 Å². The molecule has 6 nitrogen and oxygen atoms in total. The lowest BCUT2D eigenvalue weighted by Crippen LogP contribution is -2.30. The molecule has 0 fully saturated rings. The van der Waals surface area contributed by atoms with Crippen LogP contribution in [0.5, 0.6) is 0 Å². The van der Waals surface area contributed by atoms with Crippen LogP contribution in [0, 0.1) is 6.92 Å². The molecule has 1 aromatic rings. The van der Waals surface area contributed by atoms with Gasteiger partial charge in [-0.3, -0.25) is 4.68 Å². The first-order valence-electron chi connectivity index (χ1n) is 7.70. The van der Waals surface area contributed by atoms with Crippen LogP contribution in [0.4, 0.5) is 5.82 Å². The first-order valence-corrected chi connectivity index (χ1v) is 7.70. The molecule has 1 N–H and O–H groups in total. The predicted octanol–water partition coefficient (Wildman–Crippen LogP) is 1.33. The Labute approximate surface area is 128 Å². The van der Waals surface area contributed by atoms with Crippen molar-refractivity contribution in [3.63, 3.8) is 0 Å². The third-order valence-electron chi connectivity index (χ3n) is 3.49. The van der Waals surface area contributed by atoms with Crippen molar-refractivity contribution in [3.05, 3.63) is 11.3 Å². The molecule has 0 radical (unpaired) electrons. The van der Waals surface area contributed by atoms with Gasteiger partial charge in [0.05, 0.1) is 18.9 Å². The minimum Gasteiger partial charge on any atom is -0.383 e. The first kappa shape index (κ1) is 17.9. The number of hydrogen-bond acceptors (Lipinski definition) is 5. The Morgan fingerprint density at radius 3 is 2.67 bits per heavy atom. The Morgan fingerprint density at radius 2 is 2.05 bits per heavy atom. The lowest BCUT2D eigenvalue weighted by atomic mass is 10.2. The molecule has 122 valence electrons. The second kappa shape index (κ2) is 9.76. The lowest BCUT2D eigenvalue weighted by Gasteiger charge is -2.24. The van der Waals surface area contributed by atoms with Crippen LogP contribution in [0.2, 0.25) is 0 Å². The molecule has 1 rings (SSSR count). The smallest absolute Gasteiger partial charge is 0.131 e. The number of nitrogens with one attached hydrogen (secondary N) is 1. The molecule has 0 saturated carbocycles. The molecule has 0 amide bonds. The molecule has 1 heterocycles. The minimum absolute atomic E-state index is 0.719.